The molecule has 1 N–H and O–H groups in total. The van der Waals surface area contributed by atoms with Gasteiger partial charge < -0.3 is 10.1 Å². The minimum absolute atomic E-state index is 0.00526. The van der Waals surface area contributed by atoms with Gasteiger partial charge in [0.15, 0.2) is 0 Å². The Bertz CT molecular complexity index is 1290. The van der Waals surface area contributed by atoms with Gasteiger partial charge in [-0.15, -0.1) is 0 Å². The van der Waals surface area contributed by atoms with Crippen LogP contribution < -0.4 is 5.32 Å². The summed E-state index contributed by atoms with van der Waals surface area (Å²) in [4.78, 5) is 26.7. The average Bonchev–Trinajstić information content (AvgIpc) is 3.31. The van der Waals surface area contributed by atoms with Crippen LogP contribution in [0.3, 0.4) is 0 Å². The van der Waals surface area contributed by atoms with Gasteiger partial charge in [0.2, 0.25) is 0 Å². The maximum Gasteiger partial charge on any atom is 0.416 e. The highest BCUT2D eigenvalue weighted by molar-refractivity contribution is 5.94. The van der Waals surface area contributed by atoms with Gasteiger partial charge in [0, 0.05) is 51.3 Å². The molecule has 1 saturated heterocycles. The molecule has 2 aliphatic rings. The zero-order chi connectivity index (χ0) is 28.3. The predicted molar refractivity (Wildman–Crippen MR) is 144 cm³/mol. The molecule has 2 aromatic heterocycles. The maximum atomic E-state index is 13.2. The lowest BCUT2D eigenvalue weighted by Crippen LogP contribution is -2.43. The number of hydrogen-bond donors (Lipinski definition) is 1. The van der Waals surface area contributed by atoms with Gasteiger partial charge in [-0.3, -0.25) is 24.6 Å². The number of hydrogen-bond acceptors (Lipinski definition) is 6. The summed E-state index contributed by atoms with van der Waals surface area (Å²) < 4.78 is 44.5. The summed E-state index contributed by atoms with van der Waals surface area (Å²) in [7, 11) is 0. The Hall–Kier alpha value is -3.34. The normalized spacial score (nSPS) is 19.0. The predicted octanol–water partition coefficient (Wildman–Crippen LogP) is 5.01. The first-order chi connectivity index (χ1) is 19.2. The Balaban J connectivity index is 1.28. The van der Waals surface area contributed by atoms with E-state index in [2.05, 4.69) is 33.9 Å². The van der Waals surface area contributed by atoms with Crippen molar-refractivity contribution in [3.05, 3.63) is 94.6 Å². The second kappa shape index (κ2) is 12.0. The first-order valence-electron chi connectivity index (χ1n) is 13.6. The number of rotatable bonds is 8. The Morgan fingerprint density at radius 1 is 1.12 bits per heavy atom. The van der Waals surface area contributed by atoms with Crippen molar-refractivity contribution in [1.29, 1.82) is 0 Å². The number of carbonyl (C=O) groups is 1. The zero-order valence-electron chi connectivity index (χ0n) is 22.7. The number of benzene rings is 1. The molecule has 5 rings (SSSR count). The quantitative estimate of drug-likeness (QED) is 0.423. The van der Waals surface area contributed by atoms with Crippen molar-refractivity contribution in [3.63, 3.8) is 0 Å². The van der Waals surface area contributed by atoms with Gasteiger partial charge in [0.1, 0.15) is 0 Å². The van der Waals surface area contributed by atoms with Crippen LogP contribution in [0.4, 0.5) is 13.2 Å². The van der Waals surface area contributed by atoms with Gasteiger partial charge in [-0.1, -0.05) is 32.0 Å². The van der Waals surface area contributed by atoms with E-state index in [0.717, 1.165) is 47.6 Å². The summed E-state index contributed by atoms with van der Waals surface area (Å²) in [6, 6.07) is 11.1. The second-order valence-electron chi connectivity index (χ2n) is 10.7. The van der Waals surface area contributed by atoms with Gasteiger partial charge in [0.25, 0.3) is 5.91 Å². The van der Waals surface area contributed by atoms with Crippen LogP contribution in [0, 0.1) is 5.92 Å². The minimum Gasteiger partial charge on any atom is -0.379 e. The van der Waals surface area contributed by atoms with Crippen LogP contribution >= 0.6 is 0 Å². The number of carbonyl (C=O) groups excluding carboxylic acids is 1. The van der Waals surface area contributed by atoms with Crippen LogP contribution in [-0.4, -0.2) is 58.5 Å². The van der Waals surface area contributed by atoms with E-state index < -0.39 is 11.7 Å². The molecule has 1 fully saturated rings. The van der Waals surface area contributed by atoms with Crippen molar-refractivity contribution in [2.24, 2.45) is 5.92 Å². The van der Waals surface area contributed by atoms with Gasteiger partial charge in [0.05, 0.1) is 42.1 Å². The Labute approximate surface area is 232 Å². The molecular formula is C30H34F3N5O2. The minimum atomic E-state index is -4.36. The third kappa shape index (κ3) is 6.35. The number of morpholine rings is 1. The SMILES string of the molecule is CC(C)C1c2ncc(C(=O)NCC(c3cccnc3)N3CCOCC3)cc2CN1Cc1ccc(C(F)(F)F)cc1. The number of nitrogens with zero attached hydrogens (tertiary/aromatic N) is 4. The van der Waals surface area contributed by atoms with Gasteiger partial charge in [-0.05, 0) is 46.9 Å². The molecule has 4 heterocycles. The van der Waals surface area contributed by atoms with Crippen molar-refractivity contribution in [2.75, 3.05) is 32.8 Å². The van der Waals surface area contributed by atoms with E-state index >= 15 is 0 Å². The third-order valence-corrected chi connectivity index (χ3v) is 7.62. The lowest BCUT2D eigenvalue weighted by molar-refractivity contribution is -0.137. The molecule has 2 unspecified atom stereocenters. The summed E-state index contributed by atoms with van der Waals surface area (Å²) in [5, 5.41) is 3.09. The Kier molecular flexibility index (Phi) is 8.48. The van der Waals surface area contributed by atoms with Crippen LogP contribution in [0.15, 0.2) is 61.1 Å². The van der Waals surface area contributed by atoms with E-state index in [0.29, 0.717) is 38.4 Å². The topological polar surface area (TPSA) is 70.6 Å². The summed E-state index contributed by atoms with van der Waals surface area (Å²) in [5.74, 6) is 0.0383. The van der Waals surface area contributed by atoms with E-state index in [4.69, 9.17) is 9.72 Å². The van der Waals surface area contributed by atoms with Crippen molar-refractivity contribution >= 4 is 5.91 Å². The molecule has 40 heavy (non-hydrogen) atoms. The number of amides is 1. The monoisotopic (exact) mass is 553 g/mol. The molecule has 7 nitrogen and oxygen atoms in total. The van der Waals surface area contributed by atoms with E-state index in [9.17, 15) is 18.0 Å². The lowest BCUT2D eigenvalue weighted by Gasteiger charge is -2.34. The number of pyridine rings is 2. The Morgan fingerprint density at radius 3 is 2.52 bits per heavy atom. The zero-order valence-corrected chi connectivity index (χ0v) is 22.7. The number of halogens is 3. The molecule has 1 amide bonds. The number of nitrogens with one attached hydrogen (secondary N) is 1. The van der Waals surface area contributed by atoms with E-state index in [1.807, 2.05) is 24.4 Å². The van der Waals surface area contributed by atoms with Crippen LogP contribution in [-0.2, 0) is 24.0 Å². The largest absolute Gasteiger partial charge is 0.416 e. The van der Waals surface area contributed by atoms with Crippen LogP contribution in [0.1, 0.15) is 64.2 Å². The van der Waals surface area contributed by atoms with Crippen molar-refractivity contribution < 1.29 is 22.7 Å². The molecule has 0 bridgehead atoms. The molecule has 212 valence electrons. The van der Waals surface area contributed by atoms with E-state index in [1.54, 1.807) is 12.4 Å². The molecule has 0 radical (unpaired) electrons. The van der Waals surface area contributed by atoms with Crippen LogP contribution in [0.25, 0.3) is 0 Å². The summed E-state index contributed by atoms with van der Waals surface area (Å²) in [5.41, 5.74) is 3.56. The van der Waals surface area contributed by atoms with Gasteiger partial charge in [-0.2, -0.15) is 13.2 Å². The molecule has 2 aliphatic heterocycles. The first kappa shape index (κ1) is 28.2. The molecule has 0 saturated carbocycles. The highest BCUT2D eigenvalue weighted by Crippen LogP contribution is 2.39. The molecule has 3 aromatic rings. The van der Waals surface area contributed by atoms with Crippen molar-refractivity contribution in [2.45, 2.75) is 45.2 Å². The van der Waals surface area contributed by atoms with E-state index in [1.165, 1.54) is 12.1 Å². The molecule has 1 aromatic carbocycles. The number of ether oxygens (including phenoxy) is 1. The molecule has 2 atom stereocenters. The highest BCUT2D eigenvalue weighted by Gasteiger charge is 2.35. The maximum absolute atomic E-state index is 13.2. The summed E-state index contributed by atoms with van der Waals surface area (Å²) >= 11 is 0. The van der Waals surface area contributed by atoms with Crippen molar-refractivity contribution in [3.8, 4) is 0 Å². The summed E-state index contributed by atoms with van der Waals surface area (Å²) in [6.07, 6.45) is 0.837. The van der Waals surface area contributed by atoms with Crippen LogP contribution in [0.5, 0.6) is 0 Å². The standard InChI is InChI=1S/C30H34F3N5O2/c1-20(2)28-27-24(19-38(28)18-21-5-7-25(8-6-21)30(31,32)33)14-23(16-35-27)29(39)36-17-26(22-4-3-9-34-15-22)37-10-12-40-13-11-37/h3-9,14-16,20,26,28H,10-13,17-19H2,1-2H3,(H,36,39). The molecule has 10 heteroatoms. The van der Waals surface area contributed by atoms with Gasteiger partial charge >= 0.3 is 6.18 Å². The molecule has 0 aliphatic carbocycles. The fourth-order valence-electron chi connectivity index (χ4n) is 5.66. The smallest absolute Gasteiger partial charge is 0.379 e. The van der Waals surface area contributed by atoms with E-state index in [-0.39, 0.29) is 23.9 Å². The fraction of sp³-hybridized carbons (Fsp3) is 0.433. The van der Waals surface area contributed by atoms with Gasteiger partial charge in [-0.25, -0.2) is 0 Å². The number of fused-ring (bicyclic) bond motifs is 1. The first-order valence-corrected chi connectivity index (χ1v) is 13.6. The highest BCUT2D eigenvalue weighted by atomic mass is 19.4. The summed E-state index contributed by atoms with van der Waals surface area (Å²) in [6.45, 7) is 8.56. The fourth-order valence-corrected chi connectivity index (χ4v) is 5.66. The second-order valence-corrected chi connectivity index (χ2v) is 10.7. The average molecular weight is 554 g/mol. The number of alkyl halides is 3. The molecular weight excluding hydrogens is 519 g/mol. The molecule has 0 spiro atoms. The van der Waals surface area contributed by atoms with Crippen LogP contribution in [0.2, 0.25) is 0 Å². The Morgan fingerprint density at radius 2 is 1.88 bits per heavy atom. The van der Waals surface area contributed by atoms with Crippen molar-refractivity contribution in [1.82, 2.24) is 25.1 Å². The number of aromatic nitrogens is 2. The lowest BCUT2D eigenvalue weighted by atomic mass is 9.99. The third-order valence-electron chi connectivity index (χ3n) is 7.62.